The van der Waals surface area contributed by atoms with E-state index in [2.05, 4.69) is 12.2 Å². The number of nitrogens with one attached hydrogen (secondary N) is 1. The van der Waals surface area contributed by atoms with Crippen molar-refractivity contribution >= 4 is 40.7 Å². The van der Waals surface area contributed by atoms with Gasteiger partial charge >= 0.3 is 6.03 Å². The van der Waals surface area contributed by atoms with Gasteiger partial charge < -0.3 is 5.32 Å². The Morgan fingerprint density at radius 2 is 1.88 bits per heavy atom. The number of carbonyl (C=O) groups excluding carboxylic acids is 3. The van der Waals surface area contributed by atoms with Gasteiger partial charge in [0.25, 0.3) is 5.91 Å². The molecule has 1 aliphatic heterocycles. The maximum atomic E-state index is 12.9. The van der Waals surface area contributed by atoms with Crippen molar-refractivity contribution < 1.29 is 14.4 Å². The van der Waals surface area contributed by atoms with Gasteiger partial charge in [-0.25, -0.2) is 4.79 Å². The summed E-state index contributed by atoms with van der Waals surface area (Å²) in [6.45, 7) is 3.46. The van der Waals surface area contributed by atoms with Crippen molar-refractivity contribution in [3.63, 3.8) is 0 Å². The fourth-order valence-electron chi connectivity index (χ4n) is 3.02. The van der Waals surface area contributed by atoms with Crippen molar-refractivity contribution in [1.29, 1.82) is 0 Å². The first-order valence-corrected chi connectivity index (χ1v) is 9.56. The van der Waals surface area contributed by atoms with Crippen molar-refractivity contribution in [2.75, 3.05) is 6.54 Å². The zero-order valence-electron chi connectivity index (χ0n) is 14.5. The molecule has 2 heterocycles. The quantitative estimate of drug-likeness (QED) is 0.598. The average molecular weight is 391 g/mol. The van der Waals surface area contributed by atoms with Gasteiger partial charge in [-0.2, -0.15) is 0 Å². The molecular weight excluding hydrogens is 372 g/mol. The summed E-state index contributed by atoms with van der Waals surface area (Å²) in [6.07, 6.45) is 2.00. The maximum Gasteiger partial charge on any atom is 0.325 e. The molecule has 1 aromatic heterocycles. The number of halogens is 1. The molecule has 0 bridgehead atoms. The molecule has 5 nitrogen and oxygen atoms in total. The third kappa shape index (κ3) is 3.39. The molecule has 7 heteroatoms. The van der Waals surface area contributed by atoms with Gasteiger partial charge in [0.1, 0.15) is 5.54 Å². The van der Waals surface area contributed by atoms with Crippen LogP contribution in [0.4, 0.5) is 4.79 Å². The Hall–Kier alpha value is -2.18. The van der Waals surface area contributed by atoms with Crippen LogP contribution in [0.3, 0.4) is 0 Å². The van der Waals surface area contributed by atoms with Crippen molar-refractivity contribution in [3.05, 3.63) is 56.7 Å². The number of carbonyl (C=O) groups is 3. The fourth-order valence-corrected chi connectivity index (χ4v) is 3.99. The minimum Gasteiger partial charge on any atom is -0.319 e. The van der Waals surface area contributed by atoms with E-state index in [1.54, 1.807) is 19.1 Å². The Morgan fingerprint density at radius 1 is 1.19 bits per heavy atom. The SMILES string of the molecule is CCCc1ccc([C@@]2(C)NC(=O)N(CC(=O)c3ccc(Cl)s3)C2=O)cc1. The molecule has 2 aromatic rings. The van der Waals surface area contributed by atoms with E-state index in [9.17, 15) is 14.4 Å². The molecule has 0 unspecified atom stereocenters. The Labute approximate surface area is 161 Å². The molecule has 3 rings (SSSR count). The van der Waals surface area contributed by atoms with Gasteiger partial charge in [0, 0.05) is 0 Å². The van der Waals surface area contributed by atoms with Gasteiger partial charge in [-0.1, -0.05) is 49.2 Å². The summed E-state index contributed by atoms with van der Waals surface area (Å²) in [5.41, 5.74) is 0.706. The zero-order chi connectivity index (χ0) is 18.9. The Bertz CT molecular complexity index is 862. The first-order valence-electron chi connectivity index (χ1n) is 8.37. The number of imide groups is 1. The lowest BCUT2D eigenvalue weighted by Crippen LogP contribution is -2.41. The predicted molar refractivity (Wildman–Crippen MR) is 102 cm³/mol. The molecule has 1 aromatic carbocycles. The first kappa shape index (κ1) is 18.6. The third-order valence-corrected chi connectivity index (χ3v) is 5.77. The molecule has 0 radical (unpaired) electrons. The number of rotatable bonds is 6. The van der Waals surface area contributed by atoms with E-state index in [1.807, 2.05) is 24.3 Å². The van der Waals surface area contributed by atoms with E-state index in [1.165, 1.54) is 5.56 Å². The molecule has 0 spiro atoms. The van der Waals surface area contributed by atoms with E-state index >= 15 is 0 Å². The highest BCUT2D eigenvalue weighted by molar-refractivity contribution is 7.18. The average Bonchev–Trinajstić information content (AvgIpc) is 3.13. The summed E-state index contributed by atoms with van der Waals surface area (Å²) in [5.74, 6) is -0.741. The number of urea groups is 1. The number of benzene rings is 1. The van der Waals surface area contributed by atoms with E-state index in [4.69, 9.17) is 11.6 Å². The highest BCUT2D eigenvalue weighted by atomic mass is 35.5. The number of Topliss-reactive ketones (excluding diaryl/α,β-unsaturated/α-hetero) is 1. The van der Waals surface area contributed by atoms with Crippen molar-refractivity contribution in [1.82, 2.24) is 10.2 Å². The zero-order valence-corrected chi connectivity index (χ0v) is 16.1. The highest BCUT2D eigenvalue weighted by Crippen LogP contribution is 2.30. The molecule has 0 aliphatic carbocycles. The van der Waals surface area contributed by atoms with E-state index < -0.39 is 17.5 Å². The van der Waals surface area contributed by atoms with Crippen molar-refractivity contribution in [2.45, 2.75) is 32.2 Å². The fraction of sp³-hybridized carbons (Fsp3) is 0.316. The summed E-state index contributed by atoms with van der Waals surface area (Å²) in [5, 5.41) is 2.72. The lowest BCUT2D eigenvalue weighted by Gasteiger charge is -2.22. The molecule has 1 saturated heterocycles. The summed E-state index contributed by atoms with van der Waals surface area (Å²) < 4.78 is 0.488. The van der Waals surface area contributed by atoms with Crippen LogP contribution in [0.2, 0.25) is 4.34 Å². The molecule has 26 heavy (non-hydrogen) atoms. The second-order valence-electron chi connectivity index (χ2n) is 6.42. The van der Waals surface area contributed by atoms with Gasteiger partial charge in [-0.3, -0.25) is 14.5 Å². The molecule has 136 valence electrons. The first-order chi connectivity index (χ1) is 12.3. The molecule has 0 saturated carbocycles. The van der Waals surface area contributed by atoms with Gasteiger partial charge in [0.2, 0.25) is 0 Å². The molecule has 1 aliphatic rings. The Morgan fingerprint density at radius 3 is 2.46 bits per heavy atom. The number of nitrogens with zero attached hydrogens (tertiary/aromatic N) is 1. The predicted octanol–water partition coefficient (Wildman–Crippen LogP) is 4.00. The largest absolute Gasteiger partial charge is 0.325 e. The lowest BCUT2D eigenvalue weighted by molar-refractivity contribution is -0.130. The van der Waals surface area contributed by atoms with Crippen LogP contribution in [0.5, 0.6) is 0 Å². The van der Waals surface area contributed by atoms with Gasteiger partial charge in [0.05, 0.1) is 15.8 Å². The lowest BCUT2D eigenvalue weighted by atomic mass is 9.91. The Balaban J connectivity index is 1.80. The van der Waals surface area contributed by atoms with E-state index in [0.717, 1.165) is 29.1 Å². The number of hydrogen-bond acceptors (Lipinski definition) is 4. The van der Waals surface area contributed by atoms with Gasteiger partial charge in [-0.05, 0) is 36.6 Å². The number of hydrogen-bond donors (Lipinski definition) is 1. The molecule has 1 fully saturated rings. The number of ketones is 1. The van der Waals surface area contributed by atoms with Crippen LogP contribution in [0.25, 0.3) is 0 Å². The molecule has 3 amide bonds. The summed E-state index contributed by atoms with van der Waals surface area (Å²) in [4.78, 5) is 39.0. The topological polar surface area (TPSA) is 66.5 Å². The van der Waals surface area contributed by atoms with Crippen LogP contribution < -0.4 is 5.32 Å². The monoisotopic (exact) mass is 390 g/mol. The third-order valence-electron chi connectivity index (χ3n) is 4.49. The number of aryl methyl sites for hydroxylation is 1. The smallest absolute Gasteiger partial charge is 0.319 e. The minimum atomic E-state index is -1.17. The maximum absolute atomic E-state index is 12.9. The van der Waals surface area contributed by atoms with Crippen LogP contribution in [-0.2, 0) is 16.8 Å². The number of amides is 3. The normalized spacial score (nSPS) is 19.7. The second kappa shape index (κ2) is 7.21. The van der Waals surface area contributed by atoms with Crippen LogP contribution in [0, 0.1) is 0 Å². The van der Waals surface area contributed by atoms with Crippen LogP contribution in [0.1, 0.15) is 41.1 Å². The van der Waals surface area contributed by atoms with Crippen molar-refractivity contribution in [3.8, 4) is 0 Å². The minimum absolute atomic E-state index is 0.301. The van der Waals surface area contributed by atoms with E-state index in [0.29, 0.717) is 14.8 Å². The highest BCUT2D eigenvalue weighted by Gasteiger charge is 2.49. The van der Waals surface area contributed by atoms with Gasteiger partial charge in [0.15, 0.2) is 5.78 Å². The molecular formula is C19H19ClN2O3S. The van der Waals surface area contributed by atoms with Gasteiger partial charge in [-0.15, -0.1) is 11.3 Å². The molecule has 1 N–H and O–H groups in total. The summed E-state index contributed by atoms with van der Waals surface area (Å²) in [7, 11) is 0. The summed E-state index contributed by atoms with van der Waals surface area (Å²) in [6, 6.07) is 10.3. The Kier molecular flexibility index (Phi) is 5.16. The standard InChI is InChI=1S/C19H19ClN2O3S/c1-3-4-12-5-7-13(8-6-12)19(2)17(24)22(18(25)21-19)11-14(23)15-9-10-16(20)26-15/h5-10H,3-4,11H2,1-2H3,(H,21,25)/t19-/m1/s1. The number of thiophene rings is 1. The van der Waals surface area contributed by atoms with Crippen molar-refractivity contribution in [2.24, 2.45) is 0 Å². The summed E-state index contributed by atoms with van der Waals surface area (Å²) >= 11 is 6.98. The second-order valence-corrected chi connectivity index (χ2v) is 8.14. The van der Waals surface area contributed by atoms with E-state index in [-0.39, 0.29) is 12.3 Å². The molecule has 1 atom stereocenters. The van der Waals surface area contributed by atoms with Crippen LogP contribution in [0.15, 0.2) is 36.4 Å². The van der Waals surface area contributed by atoms with Crippen LogP contribution in [-0.4, -0.2) is 29.2 Å². The van der Waals surface area contributed by atoms with Crippen LogP contribution >= 0.6 is 22.9 Å².